The zero-order valence-corrected chi connectivity index (χ0v) is 6.43. The lowest BCUT2D eigenvalue weighted by Crippen LogP contribution is -2.40. The Morgan fingerprint density at radius 3 is 2.38 bits per heavy atom. The molecule has 0 rings (SSSR count). The van der Waals surface area contributed by atoms with Gasteiger partial charge in [-0.2, -0.15) is 0 Å². The number of aliphatic carboxylic acids is 1. The molecule has 0 amide bonds. The Morgan fingerprint density at radius 2 is 2.00 bits per heavy atom. The minimum Gasteiger partial charge on any atom is -0.480 e. The summed E-state index contributed by atoms with van der Waals surface area (Å²) in [5.41, 5.74) is 9.83. The van der Waals surface area contributed by atoms with Crippen LogP contribution in [0, 0.1) is 0 Å². The van der Waals surface area contributed by atoms with Crippen molar-refractivity contribution in [2.45, 2.75) is 12.1 Å². The summed E-state index contributed by atoms with van der Waals surface area (Å²) >= 11 is 0. The average molecular weight is 196 g/mol. The van der Waals surface area contributed by atoms with Gasteiger partial charge in [-0.3, -0.25) is 9.59 Å². The molecule has 13 heavy (non-hydrogen) atoms. The topological polar surface area (TPSA) is 136 Å². The van der Waals surface area contributed by atoms with E-state index >= 15 is 0 Å². The smallest absolute Gasteiger partial charge is 0.325 e. The monoisotopic (exact) mass is 196 g/mol. The molecule has 1 unspecified atom stereocenters. The first-order valence-corrected chi connectivity index (χ1v) is 3.09. The maximum atomic E-state index is 11.1. The van der Waals surface area contributed by atoms with Crippen LogP contribution in [0.4, 0.5) is 0 Å². The average Bonchev–Trinajstić information content (AvgIpc) is 2.12. The number of carboxylic acid groups (broad SMARTS) is 1. The number of nitrogens with two attached hydrogens (primary N) is 2. The zero-order valence-electron chi connectivity index (χ0n) is 10.4. The van der Waals surface area contributed by atoms with E-state index in [0.717, 1.165) is 0 Å². The third kappa shape index (κ3) is 4.41. The van der Waals surface area contributed by atoms with Gasteiger partial charge >= 0.3 is 11.9 Å². The SMILES string of the molecule is [2H]C([2H])(O)C(N)C(=O)OC([2H])([2H])[C@H](N)C(=O)O. The number of rotatable bonds is 5. The molecule has 6 N–H and O–H groups in total. The van der Waals surface area contributed by atoms with Crippen molar-refractivity contribution < 1.29 is 30.0 Å². The lowest BCUT2D eigenvalue weighted by molar-refractivity contribution is -0.149. The van der Waals surface area contributed by atoms with Crippen molar-refractivity contribution in [1.82, 2.24) is 0 Å². The van der Waals surface area contributed by atoms with E-state index in [-0.39, 0.29) is 0 Å². The Balaban J connectivity index is 4.74. The summed E-state index contributed by atoms with van der Waals surface area (Å²) < 4.78 is 31.5. The van der Waals surface area contributed by atoms with Crippen molar-refractivity contribution in [3.8, 4) is 0 Å². The van der Waals surface area contributed by atoms with Gasteiger partial charge in [-0.05, 0) is 0 Å². The number of aliphatic hydroxyl groups is 1. The number of ether oxygens (including phenoxy) is 1. The highest BCUT2D eigenvalue weighted by atomic mass is 16.5. The van der Waals surface area contributed by atoms with Crippen molar-refractivity contribution in [3.05, 3.63) is 0 Å². The van der Waals surface area contributed by atoms with Gasteiger partial charge in [0.15, 0.2) is 0 Å². The van der Waals surface area contributed by atoms with Gasteiger partial charge in [0, 0.05) is 0 Å². The summed E-state index contributed by atoms with van der Waals surface area (Å²) in [4.78, 5) is 21.5. The fraction of sp³-hybridized carbons (Fsp3) is 0.667. The van der Waals surface area contributed by atoms with E-state index in [1.165, 1.54) is 0 Å². The molecule has 76 valence electrons. The number of esters is 1. The molecule has 0 aromatic heterocycles. The summed E-state index contributed by atoms with van der Waals surface area (Å²) in [6.45, 7) is -6.20. The highest BCUT2D eigenvalue weighted by Crippen LogP contribution is 1.87. The minimum atomic E-state index is -3.12. The van der Waals surface area contributed by atoms with E-state index in [1.54, 1.807) is 0 Å². The zero-order chi connectivity index (χ0) is 14.0. The number of hydrogen-bond acceptors (Lipinski definition) is 6. The Kier molecular flexibility index (Phi) is 2.65. The highest BCUT2D eigenvalue weighted by Gasteiger charge is 2.18. The first-order valence-electron chi connectivity index (χ1n) is 5.09. The quantitative estimate of drug-likeness (QED) is 0.350. The Hall–Kier alpha value is -1.18. The molecular formula is C6H12N2O5. The molecule has 0 aliphatic carbocycles. The fourth-order valence-corrected chi connectivity index (χ4v) is 0.288. The Morgan fingerprint density at radius 1 is 1.46 bits per heavy atom. The van der Waals surface area contributed by atoms with Crippen LogP contribution in [0.5, 0.6) is 0 Å². The molecule has 7 nitrogen and oxygen atoms in total. The molecular weight excluding hydrogens is 180 g/mol. The van der Waals surface area contributed by atoms with E-state index in [1.807, 2.05) is 0 Å². The van der Waals surface area contributed by atoms with Crippen LogP contribution < -0.4 is 11.5 Å². The molecule has 0 heterocycles. The second kappa shape index (κ2) is 5.46. The van der Waals surface area contributed by atoms with Gasteiger partial charge in [0.2, 0.25) is 0 Å². The van der Waals surface area contributed by atoms with Crippen LogP contribution in [0.15, 0.2) is 0 Å². The summed E-state index contributed by atoms with van der Waals surface area (Å²) in [6, 6.07) is -4.35. The Labute approximate surface area is 79.9 Å². The number of hydrogen-bond donors (Lipinski definition) is 4. The van der Waals surface area contributed by atoms with E-state index in [4.69, 9.17) is 27.2 Å². The van der Waals surface area contributed by atoms with Crippen LogP contribution in [-0.2, 0) is 14.3 Å². The lowest BCUT2D eigenvalue weighted by Gasteiger charge is -2.10. The van der Waals surface area contributed by atoms with E-state index < -0.39 is 37.1 Å². The first kappa shape index (κ1) is 6.30. The van der Waals surface area contributed by atoms with Crippen molar-refractivity contribution in [1.29, 1.82) is 0 Å². The lowest BCUT2D eigenvalue weighted by atomic mass is 10.3. The van der Waals surface area contributed by atoms with Crippen molar-refractivity contribution in [2.75, 3.05) is 13.1 Å². The fourth-order valence-electron chi connectivity index (χ4n) is 0.288. The van der Waals surface area contributed by atoms with E-state index in [0.29, 0.717) is 0 Å². The van der Waals surface area contributed by atoms with E-state index in [2.05, 4.69) is 4.74 Å². The molecule has 0 aliphatic rings. The normalized spacial score (nSPS) is 21.5. The predicted octanol–water partition coefficient (Wildman–Crippen LogP) is -2.74. The second-order valence-electron chi connectivity index (χ2n) is 1.96. The van der Waals surface area contributed by atoms with Crippen LogP contribution in [0.1, 0.15) is 5.48 Å². The van der Waals surface area contributed by atoms with Gasteiger partial charge in [-0.1, -0.05) is 0 Å². The van der Waals surface area contributed by atoms with Crippen LogP contribution in [0.25, 0.3) is 0 Å². The number of carboxylic acids is 1. The molecule has 0 bridgehead atoms. The van der Waals surface area contributed by atoms with Gasteiger partial charge in [0.1, 0.15) is 18.6 Å². The molecule has 0 fully saturated rings. The second-order valence-corrected chi connectivity index (χ2v) is 1.96. The number of carbonyl (C=O) groups excluding carboxylic acids is 1. The molecule has 0 aromatic rings. The van der Waals surface area contributed by atoms with Gasteiger partial charge in [-0.15, -0.1) is 0 Å². The molecule has 0 radical (unpaired) electrons. The third-order valence-electron chi connectivity index (χ3n) is 0.946. The number of carbonyl (C=O) groups is 2. The summed E-state index contributed by atoms with van der Waals surface area (Å²) in [6.07, 6.45) is 0. The standard InChI is InChI=1S/C6H12N2O5/c7-3(1-9)6(12)13-2-4(8)5(10)11/h3-4,9H,1-2,7-8H2,(H,10,11)/t3?,4-/m0/s1/i1D2,2D2. The van der Waals surface area contributed by atoms with Gasteiger partial charge in [0.05, 0.1) is 12.0 Å². The van der Waals surface area contributed by atoms with Crippen LogP contribution in [-0.4, -0.2) is 47.4 Å². The summed E-state index contributed by atoms with van der Waals surface area (Å²) in [5.74, 6) is -3.41. The first-order chi connectivity index (χ1) is 7.39. The maximum absolute atomic E-state index is 11.1. The molecule has 0 saturated heterocycles. The molecule has 0 aromatic carbocycles. The van der Waals surface area contributed by atoms with Gasteiger partial charge < -0.3 is 26.4 Å². The minimum absolute atomic E-state index is 1.65. The van der Waals surface area contributed by atoms with Crippen LogP contribution in [0.2, 0.25) is 0 Å². The highest BCUT2D eigenvalue weighted by molar-refractivity contribution is 5.77. The summed E-state index contributed by atoms with van der Waals surface area (Å²) in [7, 11) is 0. The molecule has 2 atom stereocenters. The summed E-state index contributed by atoms with van der Waals surface area (Å²) in [5, 5.41) is 17.2. The predicted molar refractivity (Wildman–Crippen MR) is 41.6 cm³/mol. The van der Waals surface area contributed by atoms with Crippen molar-refractivity contribution >= 4 is 11.9 Å². The van der Waals surface area contributed by atoms with E-state index in [9.17, 15) is 9.59 Å². The molecule has 0 aliphatic heterocycles. The van der Waals surface area contributed by atoms with Crippen molar-refractivity contribution in [3.63, 3.8) is 0 Å². The Bertz CT molecular complexity index is 318. The maximum Gasteiger partial charge on any atom is 0.325 e. The molecule has 7 heteroatoms. The van der Waals surface area contributed by atoms with Crippen molar-refractivity contribution in [2.24, 2.45) is 11.5 Å². The third-order valence-corrected chi connectivity index (χ3v) is 0.946. The molecule has 0 saturated carbocycles. The largest absolute Gasteiger partial charge is 0.480 e. The van der Waals surface area contributed by atoms with Crippen LogP contribution in [0.3, 0.4) is 0 Å². The molecule has 0 spiro atoms. The van der Waals surface area contributed by atoms with Gasteiger partial charge in [-0.25, -0.2) is 0 Å². The van der Waals surface area contributed by atoms with Gasteiger partial charge in [0.25, 0.3) is 0 Å². The van der Waals surface area contributed by atoms with Crippen LogP contribution >= 0.6 is 0 Å².